The summed E-state index contributed by atoms with van der Waals surface area (Å²) in [7, 11) is 0. The summed E-state index contributed by atoms with van der Waals surface area (Å²) in [6.07, 6.45) is 2.39. The smallest absolute Gasteiger partial charge is 0.123 e. The molecule has 0 aromatic heterocycles. The van der Waals surface area contributed by atoms with E-state index in [1.54, 1.807) is 24.3 Å². The lowest BCUT2D eigenvalue weighted by atomic mass is 9.98. The zero-order valence-electron chi connectivity index (χ0n) is 18.1. The van der Waals surface area contributed by atoms with Crippen LogP contribution in [0.3, 0.4) is 0 Å². The van der Waals surface area contributed by atoms with Crippen LogP contribution in [-0.2, 0) is 0 Å². The molecule has 0 radical (unpaired) electrons. The van der Waals surface area contributed by atoms with Crippen molar-refractivity contribution in [3.63, 3.8) is 0 Å². The number of hydrogen-bond donors (Lipinski definition) is 0. The Morgan fingerprint density at radius 3 is 1.47 bits per heavy atom. The van der Waals surface area contributed by atoms with E-state index in [4.69, 9.17) is 0 Å². The van der Waals surface area contributed by atoms with Crippen LogP contribution in [0.25, 0.3) is 0 Å². The third-order valence-corrected chi connectivity index (χ3v) is 7.16. The van der Waals surface area contributed by atoms with Gasteiger partial charge in [0, 0.05) is 57.4 Å². The number of hydrogen-bond acceptors (Lipinski definition) is 3. The molecule has 0 spiro atoms. The monoisotopic (exact) mass is 413 g/mol. The van der Waals surface area contributed by atoms with Gasteiger partial charge in [-0.1, -0.05) is 24.3 Å². The minimum absolute atomic E-state index is 0.169. The van der Waals surface area contributed by atoms with Crippen LogP contribution < -0.4 is 0 Å². The molecular formula is C25H33F2N3. The zero-order chi connectivity index (χ0) is 21.1. The summed E-state index contributed by atoms with van der Waals surface area (Å²) in [4.78, 5) is 7.69. The molecule has 2 aliphatic rings. The molecule has 0 amide bonds. The molecule has 2 atom stereocenters. The predicted molar refractivity (Wildman–Crippen MR) is 117 cm³/mol. The zero-order valence-corrected chi connectivity index (χ0v) is 18.1. The molecule has 0 saturated carbocycles. The molecule has 2 aromatic carbocycles. The summed E-state index contributed by atoms with van der Waals surface area (Å²) in [5, 5.41) is 0. The van der Waals surface area contributed by atoms with Crippen LogP contribution in [0.4, 0.5) is 8.78 Å². The van der Waals surface area contributed by atoms with Crippen molar-refractivity contribution in [1.82, 2.24) is 14.7 Å². The van der Waals surface area contributed by atoms with Crippen molar-refractivity contribution in [2.75, 3.05) is 39.3 Å². The molecule has 2 heterocycles. The van der Waals surface area contributed by atoms with Crippen molar-refractivity contribution in [3.8, 4) is 0 Å². The van der Waals surface area contributed by atoms with Gasteiger partial charge >= 0.3 is 0 Å². The number of piperidine rings is 1. The lowest BCUT2D eigenvalue weighted by Gasteiger charge is -2.45. The molecule has 2 fully saturated rings. The van der Waals surface area contributed by atoms with Crippen LogP contribution in [0.5, 0.6) is 0 Å². The standard InChI is InChI=1S/C25H33F2N3/c1-19(21-3-7-23(26)8-4-21)28-13-11-25(12-14-28)30-17-15-29(16-18-30)20(2)22-5-9-24(27)10-6-22/h3-10,19-20,25H,11-18H2,1-2H3. The number of benzene rings is 2. The van der Waals surface area contributed by atoms with E-state index in [2.05, 4.69) is 28.5 Å². The van der Waals surface area contributed by atoms with Gasteiger partial charge in [0.1, 0.15) is 11.6 Å². The first-order valence-corrected chi connectivity index (χ1v) is 11.2. The van der Waals surface area contributed by atoms with Crippen molar-refractivity contribution < 1.29 is 8.78 Å². The minimum atomic E-state index is -0.171. The molecule has 0 N–H and O–H groups in total. The van der Waals surface area contributed by atoms with Gasteiger partial charge < -0.3 is 0 Å². The Hall–Kier alpha value is -1.82. The highest BCUT2D eigenvalue weighted by atomic mass is 19.1. The van der Waals surface area contributed by atoms with Crippen LogP contribution in [-0.4, -0.2) is 60.0 Å². The molecule has 5 heteroatoms. The summed E-state index contributed by atoms with van der Waals surface area (Å²) >= 11 is 0. The Kier molecular flexibility index (Phi) is 6.81. The van der Waals surface area contributed by atoms with E-state index >= 15 is 0 Å². The first-order valence-electron chi connectivity index (χ1n) is 11.2. The van der Waals surface area contributed by atoms with E-state index in [1.807, 2.05) is 24.3 Å². The first kappa shape index (κ1) is 21.4. The minimum Gasteiger partial charge on any atom is -0.298 e. The summed E-state index contributed by atoms with van der Waals surface area (Å²) in [6, 6.07) is 15.2. The summed E-state index contributed by atoms with van der Waals surface area (Å²) in [5.74, 6) is -0.339. The first-order chi connectivity index (χ1) is 14.5. The molecule has 2 unspecified atom stereocenters. The van der Waals surface area contributed by atoms with E-state index in [0.29, 0.717) is 18.1 Å². The van der Waals surface area contributed by atoms with Crippen molar-refractivity contribution in [3.05, 3.63) is 71.3 Å². The van der Waals surface area contributed by atoms with Crippen LogP contribution in [0.2, 0.25) is 0 Å². The molecule has 3 nitrogen and oxygen atoms in total. The normalized spacial score (nSPS) is 22.1. The Bertz CT molecular complexity index is 723. The van der Waals surface area contributed by atoms with Crippen molar-refractivity contribution in [2.45, 2.75) is 44.8 Å². The average Bonchev–Trinajstić information content (AvgIpc) is 2.79. The lowest BCUT2D eigenvalue weighted by molar-refractivity contribution is 0.0380. The van der Waals surface area contributed by atoms with Crippen molar-refractivity contribution in [2.24, 2.45) is 0 Å². The van der Waals surface area contributed by atoms with Crippen LogP contribution in [0.1, 0.15) is 49.9 Å². The molecule has 0 aliphatic carbocycles. The molecular weight excluding hydrogens is 380 g/mol. The number of halogens is 2. The summed E-state index contributed by atoms with van der Waals surface area (Å²) < 4.78 is 26.4. The Balaban J connectivity index is 1.25. The number of rotatable bonds is 5. The fourth-order valence-corrected chi connectivity index (χ4v) is 5.03. The molecule has 30 heavy (non-hydrogen) atoms. The Morgan fingerprint density at radius 1 is 0.633 bits per heavy atom. The van der Waals surface area contributed by atoms with E-state index in [9.17, 15) is 8.78 Å². The van der Waals surface area contributed by atoms with E-state index in [1.165, 1.54) is 24.0 Å². The highest BCUT2D eigenvalue weighted by Gasteiger charge is 2.30. The maximum Gasteiger partial charge on any atom is 0.123 e. The van der Waals surface area contributed by atoms with Gasteiger partial charge in [0.15, 0.2) is 0 Å². The van der Waals surface area contributed by atoms with Gasteiger partial charge in [-0.25, -0.2) is 8.78 Å². The Morgan fingerprint density at radius 2 is 1.03 bits per heavy atom. The van der Waals surface area contributed by atoms with Crippen molar-refractivity contribution in [1.29, 1.82) is 0 Å². The second-order valence-corrected chi connectivity index (χ2v) is 8.79. The van der Waals surface area contributed by atoms with Crippen molar-refractivity contribution >= 4 is 0 Å². The van der Waals surface area contributed by atoms with Gasteiger partial charge in [-0.2, -0.15) is 0 Å². The van der Waals surface area contributed by atoms with Gasteiger partial charge in [-0.15, -0.1) is 0 Å². The largest absolute Gasteiger partial charge is 0.298 e. The van der Waals surface area contributed by atoms with Gasteiger partial charge in [0.05, 0.1) is 0 Å². The number of nitrogens with zero attached hydrogens (tertiary/aromatic N) is 3. The maximum atomic E-state index is 13.2. The molecule has 2 aromatic rings. The van der Waals surface area contributed by atoms with E-state index in [0.717, 1.165) is 39.3 Å². The fourth-order valence-electron chi connectivity index (χ4n) is 5.03. The second kappa shape index (κ2) is 9.54. The van der Waals surface area contributed by atoms with Gasteiger partial charge in [-0.05, 0) is 62.1 Å². The molecule has 2 saturated heterocycles. The SMILES string of the molecule is CC(c1ccc(F)cc1)N1CCC(N2CCN(C(C)c3ccc(F)cc3)CC2)CC1. The predicted octanol–water partition coefficient (Wildman–Crippen LogP) is 4.87. The topological polar surface area (TPSA) is 9.72 Å². The van der Waals surface area contributed by atoms with Gasteiger partial charge in [0.2, 0.25) is 0 Å². The van der Waals surface area contributed by atoms with Crippen LogP contribution in [0, 0.1) is 11.6 Å². The van der Waals surface area contributed by atoms with Crippen LogP contribution >= 0.6 is 0 Å². The highest BCUT2D eigenvalue weighted by molar-refractivity contribution is 5.20. The summed E-state index contributed by atoms with van der Waals surface area (Å²) in [5.41, 5.74) is 2.38. The molecule has 0 bridgehead atoms. The third kappa shape index (κ3) is 4.90. The van der Waals surface area contributed by atoms with Crippen LogP contribution in [0.15, 0.2) is 48.5 Å². The fraction of sp³-hybridized carbons (Fsp3) is 0.520. The molecule has 2 aliphatic heterocycles. The lowest BCUT2D eigenvalue weighted by Crippen LogP contribution is -2.53. The summed E-state index contributed by atoms with van der Waals surface area (Å²) in [6.45, 7) is 11.0. The highest BCUT2D eigenvalue weighted by Crippen LogP contribution is 2.28. The third-order valence-electron chi connectivity index (χ3n) is 7.16. The second-order valence-electron chi connectivity index (χ2n) is 8.79. The van der Waals surface area contributed by atoms with E-state index < -0.39 is 0 Å². The number of likely N-dealkylation sites (tertiary alicyclic amines) is 1. The molecule has 4 rings (SSSR count). The maximum absolute atomic E-state index is 13.2. The number of piperazine rings is 1. The molecule has 162 valence electrons. The quantitative estimate of drug-likeness (QED) is 0.693. The average molecular weight is 414 g/mol. The van der Waals surface area contributed by atoms with E-state index in [-0.39, 0.29) is 11.6 Å². The van der Waals surface area contributed by atoms with Gasteiger partial charge in [-0.3, -0.25) is 14.7 Å². The Labute approximate surface area is 179 Å². The van der Waals surface area contributed by atoms with Gasteiger partial charge in [0.25, 0.3) is 0 Å².